The molecule has 0 saturated carbocycles. The molecule has 0 aliphatic heterocycles. The molecule has 0 aliphatic carbocycles. The summed E-state index contributed by atoms with van der Waals surface area (Å²) in [5, 5.41) is 0. The number of aryl methyl sites for hydroxylation is 1. The zero-order valence-corrected chi connectivity index (χ0v) is 9.90. The summed E-state index contributed by atoms with van der Waals surface area (Å²) in [6, 6.07) is 10.1. The Kier molecular flexibility index (Phi) is 4.50. The van der Waals surface area contributed by atoms with Crippen LogP contribution in [0.3, 0.4) is 0 Å². The van der Waals surface area contributed by atoms with E-state index in [1.54, 1.807) is 0 Å². The minimum absolute atomic E-state index is 0.0607. The minimum Gasteiger partial charge on any atom is -0.459 e. The van der Waals surface area contributed by atoms with Crippen molar-refractivity contribution in [1.29, 1.82) is 0 Å². The van der Waals surface area contributed by atoms with Gasteiger partial charge in [-0.05, 0) is 32.3 Å². The summed E-state index contributed by atoms with van der Waals surface area (Å²) < 4.78 is 5.24. The van der Waals surface area contributed by atoms with Crippen LogP contribution in [0.15, 0.2) is 30.3 Å². The van der Waals surface area contributed by atoms with Crippen molar-refractivity contribution in [3.8, 4) is 0 Å². The molecule has 0 radical (unpaired) electrons. The average molecular weight is 221 g/mol. The number of nitrogens with two attached hydrogens (primary N) is 1. The molecule has 1 aromatic carbocycles. The van der Waals surface area contributed by atoms with Crippen molar-refractivity contribution in [3.63, 3.8) is 0 Å². The Hall–Kier alpha value is -1.35. The van der Waals surface area contributed by atoms with Gasteiger partial charge in [0.25, 0.3) is 0 Å². The highest BCUT2D eigenvalue weighted by atomic mass is 16.6. The zero-order chi connectivity index (χ0) is 12.0. The Morgan fingerprint density at radius 2 is 1.94 bits per heavy atom. The Labute approximate surface area is 96.6 Å². The fraction of sp³-hybridized carbons (Fsp3) is 0.462. The molecule has 0 fully saturated rings. The van der Waals surface area contributed by atoms with E-state index in [1.807, 2.05) is 32.0 Å². The van der Waals surface area contributed by atoms with Gasteiger partial charge in [0.1, 0.15) is 5.60 Å². The molecule has 0 spiro atoms. The Morgan fingerprint density at radius 3 is 2.50 bits per heavy atom. The average Bonchev–Trinajstić information content (AvgIpc) is 2.27. The lowest BCUT2D eigenvalue weighted by Gasteiger charge is -2.24. The second-order valence-corrected chi connectivity index (χ2v) is 4.42. The molecule has 16 heavy (non-hydrogen) atoms. The summed E-state index contributed by atoms with van der Waals surface area (Å²) in [5.74, 6) is -0.349. The third-order valence-corrected chi connectivity index (χ3v) is 2.42. The fourth-order valence-electron chi connectivity index (χ4n) is 1.49. The lowest BCUT2D eigenvalue weighted by molar-refractivity contribution is -0.155. The number of carbonyl (C=O) groups is 1. The van der Waals surface area contributed by atoms with Crippen LogP contribution in [-0.2, 0) is 16.0 Å². The van der Waals surface area contributed by atoms with Crippen LogP contribution < -0.4 is 5.73 Å². The van der Waals surface area contributed by atoms with Crippen molar-refractivity contribution in [3.05, 3.63) is 35.9 Å². The van der Waals surface area contributed by atoms with Crippen LogP contribution in [0, 0.1) is 0 Å². The normalized spacial score (nSPS) is 11.2. The van der Waals surface area contributed by atoms with Gasteiger partial charge in [-0.1, -0.05) is 30.3 Å². The summed E-state index contributed by atoms with van der Waals surface area (Å²) in [6.45, 7) is 3.75. The van der Waals surface area contributed by atoms with E-state index in [2.05, 4.69) is 12.1 Å². The number of carbonyl (C=O) groups excluding carboxylic acids is 1. The van der Waals surface area contributed by atoms with E-state index in [9.17, 15) is 4.79 Å². The largest absolute Gasteiger partial charge is 0.459 e. The van der Waals surface area contributed by atoms with Gasteiger partial charge in [0, 0.05) is 0 Å². The Balaban J connectivity index is 2.44. The summed E-state index contributed by atoms with van der Waals surface area (Å²) >= 11 is 0. The van der Waals surface area contributed by atoms with Gasteiger partial charge < -0.3 is 10.5 Å². The van der Waals surface area contributed by atoms with E-state index in [0.717, 1.165) is 12.8 Å². The highest BCUT2D eigenvalue weighted by Crippen LogP contribution is 2.17. The molecule has 0 aliphatic rings. The molecular weight excluding hydrogens is 202 g/mol. The van der Waals surface area contributed by atoms with Crippen molar-refractivity contribution in [2.45, 2.75) is 32.3 Å². The topological polar surface area (TPSA) is 52.3 Å². The van der Waals surface area contributed by atoms with Crippen molar-refractivity contribution in [1.82, 2.24) is 0 Å². The molecule has 1 rings (SSSR count). The molecule has 0 bridgehead atoms. The smallest absolute Gasteiger partial charge is 0.320 e. The maximum absolute atomic E-state index is 11.1. The monoisotopic (exact) mass is 221 g/mol. The summed E-state index contributed by atoms with van der Waals surface area (Å²) in [4.78, 5) is 11.1. The number of hydrogen-bond donors (Lipinski definition) is 1. The van der Waals surface area contributed by atoms with Crippen LogP contribution in [0.25, 0.3) is 0 Å². The standard InChI is InChI=1S/C13H19NO2/c1-13(2,16-12(15)10-14)9-8-11-6-4-3-5-7-11/h3-7H,8-10,14H2,1-2H3. The third kappa shape index (κ3) is 4.45. The second kappa shape index (κ2) is 5.66. The molecule has 0 atom stereocenters. The van der Waals surface area contributed by atoms with E-state index in [4.69, 9.17) is 10.5 Å². The van der Waals surface area contributed by atoms with Gasteiger partial charge in [0.15, 0.2) is 0 Å². The summed E-state index contributed by atoms with van der Waals surface area (Å²) in [5.41, 5.74) is 6.01. The van der Waals surface area contributed by atoms with E-state index in [0.29, 0.717) is 0 Å². The number of rotatable bonds is 5. The highest BCUT2D eigenvalue weighted by molar-refractivity contribution is 5.71. The molecule has 0 unspecified atom stereocenters. The zero-order valence-electron chi connectivity index (χ0n) is 9.90. The van der Waals surface area contributed by atoms with Gasteiger partial charge in [-0.25, -0.2) is 0 Å². The van der Waals surface area contributed by atoms with Crippen LogP contribution in [0.2, 0.25) is 0 Å². The van der Waals surface area contributed by atoms with Crippen LogP contribution in [0.5, 0.6) is 0 Å². The maximum atomic E-state index is 11.1. The molecule has 0 heterocycles. The van der Waals surface area contributed by atoms with Gasteiger partial charge in [-0.3, -0.25) is 4.79 Å². The van der Waals surface area contributed by atoms with E-state index in [1.165, 1.54) is 5.56 Å². The predicted molar refractivity (Wildman–Crippen MR) is 64.0 cm³/mol. The summed E-state index contributed by atoms with van der Waals surface area (Å²) in [6.07, 6.45) is 1.69. The first kappa shape index (κ1) is 12.7. The molecule has 1 aromatic rings. The first-order chi connectivity index (χ1) is 7.53. The fourth-order valence-corrected chi connectivity index (χ4v) is 1.49. The van der Waals surface area contributed by atoms with Gasteiger partial charge >= 0.3 is 5.97 Å². The van der Waals surface area contributed by atoms with Crippen molar-refractivity contribution >= 4 is 5.97 Å². The van der Waals surface area contributed by atoms with Crippen molar-refractivity contribution < 1.29 is 9.53 Å². The SMILES string of the molecule is CC(C)(CCc1ccccc1)OC(=O)CN. The van der Waals surface area contributed by atoms with E-state index >= 15 is 0 Å². The first-order valence-electron chi connectivity index (χ1n) is 5.49. The quantitative estimate of drug-likeness (QED) is 0.773. The second-order valence-electron chi connectivity index (χ2n) is 4.42. The van der Waals surface area contributed by atoms with Gasteiger partial charge in [0.05, 0.1) is 6.54 Å². The van der Waals surface area contributed by atoms with Crippen LogP contribution >= 0.6 is 0 Å². The molecule has 0 amide bonds. The van der Waals surface area contributed by atoms with Gasteiger partial charge in [0.2, 0.25) is 0 Å². The molecular formula is C13H19NO2. The van der Waals surface area contributed by atoms with Crippen molar-refractivity contribution in [2.75, 3.05) is 6.54 Å². The van der Waals surface area contributed by atoms with E-state index in [-0.39, 0.29) is 12.5 Å². The molecule has 88 valence electrons. The first-order valence-corrected chi connectivity index (χ1v) is 5.49. The number of benzene rings is 1. The lowest BCUT2D eigenvalue weighted by Crippen LogP contribution is -2.31. The van der Waals surface area contributed by atoms with Crippen molar-refractivity contribution in [2.24, 2.45) is 5.73 Å². The van der Waals surface area contributed by atoms with Gasteiger partial charge in [-0.2, -0.15) is 0 Å². The molecule has 0 saturated heterocycles. The molecule has 3 nitrogen and oxygen atoms in total. The van der Waals surface area contributed by atoms with Crippen LogP contribution in [-0.4, -0.2) is 18.1 Å². The van der Waals surface area contributed by atoms with Crippen LogP contribution in [0.4, 0.5) is 0 Å². The van der Waals surface area contributed by atoms with Crippen LogP contribution in [0.1, 0.15) is 25.8 Å². The number of ether oxygens (including phenoxy) is 1. The summed E-state index contributed by atoms with van der Waals surface area (Å²) in [7, 11) is 0. The molecule has 3 heteroatoms. The minimum atomic E-state index is -0.452. The maximum Gasteiger partial charge on any atom is 0.320 e. The molecule has 0 aromatic heterocycles. The van der Waals surface area contributed by atoms with Gasteiger partial charge in [-0.15, -0.1) is 0 Å². The number of hydrogen-bond acceptors (Lipinski definition) is 3. The third-order valence-electron chi connectivity index (χ3n) is 2.42. The molecule has 2 N–H and O–H groups in total. The Morgan fingerprint density at radius 1 is 1.31 bits per heavy atom. The lowest BCUT2D eigenvalue weighted by atomic mass is 9.98. The van der Waals surface area contributed by atoms with E-state index < -0.39 is 5.60 Å². The highest BCUT2D eigenvalue weighted by Gasteiger charge is 2.21. The predicted octanol–water partition coefficient (Wildman–Crippen LogP) is 1.90. The Bertz CT molecular complexity index is 333. The number of esters is 1.